The van der Waals surface area contributed by atoms with Crippen molar-refractivity contribution in [3.8, 4) is 5.75 Å². The standard InChI is InChI=1S/C21H22N6O/c1-13-6-16-10-23-21(25-17-3-2-15-11-24-27-18(15)8-17)26-20(16)19(7-13)28-12-14-4-5-22-9-14/h2-3,6-8,10-11,14,22H,4-5,9,12H2,1H3,(H,24,27)(H,23,25,26). The first-order valence-corrected chi connectivity index (χ1v) is 9.56. The molecule has 0 saturated carbocycles. The zero-order chi connectivity index (χ0) is 18.9. The van der Waals surface area contributed by atoms with Gasteiger partial charge in [-0.25, -0.2) is 9.97 Å². The van der Waals surface area contributed by atoms with E-state index in [0.717, 1.165) is 58.3 Å². The van der Waals surface area contributed by atoms with Gasteiger partial charge < -0.3 is 15.4 Å². The second-order valence-corrected chi connectivity index (χ2v) is 7.36. The smallest absolute Gasteiger partial charge is 0.227 e. The van der Waals surface area contributed by atoms with E-state index in [4.69, 9.17) is 9.72 Å². The highest BCUT2D eigenvalue weighted by molar-refractivity contribution is 5.86. The fourth-order valence-corrected chi connectivity index (χ4v) is 3.63. The third kappa shape index (κ3) is 3.36. The molecule has 0 bridgehead atoms. The van der Waals surface area contributed by atoms with Crippen molar-refractivity contribution in [3.05, 3.63) is 48.3 Å². The summed E-state index contributed by atoms with van der Waals surface area (Å²) in [5, 5.41) is 15.7. The van der Waals surface area contributed by atoms with E-state index in [1.165, 1.54) is 0 Å². The normalized spacial score (nSPS) is 16.7. The van der Waals surface area contributed by atoms with Gasteiger partial charge in [0.15, 0.2) is 0 Å². The summed E-state index contributed by atoms with van der Waals surface area (Å²) in [6.45, 7) is 4.85. The first-order chi connectivity index (χ1) is 13.7. The summed E-state index contributed by atoms with van der Waals surface area (Å²) in [5.41, 5.74) is 3.84. The molecule has 2 aromatic heterocycles. The molecule has 1 aliphatic heterocycles. The Kier molecular flexibility index (Phi) is 4.29. The van der Waals surface area contributed by atoms with Crippen molar-refractivity contribution in [2.24, 2.45) is 5.92 Å². The SMILES string of the molecule is Cc1cc(OCC2CCNC2)c2nc(Nc3ccc4cn[nH]c4c3)ncc2c1. The van der Waals surface area contributed by atoms with E-state index < -0.39 is 0 Å². The van der Waals surface area contributed by atoms with Crippen LogP contribution in [0.25, 0.3) is 21.8 Å². The summed E-state index contributed by atoms with van der Waals surface area (Å²) in [6, 6.07) is 10.1. The Labute approximate surface area is 162 Å². The number of H-pyrrole nitrogens is 1. The minimum Gasteiger partial charge on any atom is -0.491 e. The fraction of sp³-hybridized carbons (Fsp3) is 0.286. The maximum absolute atomic E-state index is 6.17. The Morgan fingerprint density at radius 2 is 2.14 bits per heavy atom. The molecule has 1 aliphatic rings. The van der Waals surface area contributed by atoms with Crippen LogP contribution < -0.4 is 15.4 Å². The fourth-order valence-electron chi connectivity index (χ4n) is 3.63. The number of rotatable bonds is 5. The average molecular weight is 374 g/mol. The minimum atomic E-state index is 0.544. The maximum atomic E-state index is 6.17. The van der Waals surface area contributed by atoms with Gasteiger partial charge in [0.1, 0.15) is 11.3 Å². The van der Waals surface area contributed by atoms with Crippen molar-refractivity contribution in [3.63, 3.8) is 0 Å². The number of benzene rings is 2. The number of nitrogens with one attached hydrogen (secondary N) is 3. The Hall–Kier alpha value is -3.19. The predicted octanol–water partition coefficient (Wildman–Crippen LogP) is 3.55. The first-order valence-electron chi connectivity index (χ1n) is 9.56. The number of nitrogens with zero attached hydrogens (tertiary/aromatic N) is 3. The van der Waals surface area contributed by atoms with Crippen molar-refractivity contribution in [2.75, 3.05) is 25.0 Å². The van der Waals surface area contributed by atoms with E-state index in [1.807, 2.05) is 24.4 Å². The van der Waals surface area contributed by atoms with E-state index in [-0.39, 0.29) is 0 Å². The Bertz CT molecular complexity index is 1130. The zero-order valence-electron chi connectivity index (χ0n) is 15.7. The molecule has 5 rings (SSSR count). The number of aromatic amines is 1. The summed E-state index contributed by atoms with van der Waals surface area (Å²) in [7, 11) is 0. The van der Waals surface area contributed by atoms with Crippen molar-refractivity contribution in [2.45, 2.75) is 13.3 Å². The van der Waals surface area contributed by atoms with Gasteiger partial charge in [-0.05, 0) is 55.8 Å². The van der Waals surface area contributed by atoms with E-state index in [9.17, 15) is 0 Å². The molecule has 7 nitrogen and oxygen atoms in total. The van der Waals surface area contributed by atoms with Crippen LogP contribution in [0.3, 0.4) is 0 Å². The second kappa shape index (κ2) is 7.09. The lowest BCUT2D eigenvalue weighted by molar-refractivity contribution is 0.262. The van der Waals surface area contributed by atoms with Gasteiger partial charge in [-0.3, -0.25) is 5.10 Å². The van der Waals surface area contributed by atoms with Gasteiger partial charge in [0, 0.05) is 35.1 Å². The van der Waals surface area contributed by atoms with E-state index >= 15 is 0 Å². The lowest BCUT2D eigenvalue weighted by Gasteiger charge is -2.14. The lowest BCUT2D eigenvalue weighted by atomic mass is 10.1. The van der Waals surface area contributed by atoms with Gasteiger partial charge in [-0.2, -0.15) is 5.10 Å². The summed E-state index contributed by atoms with van der Waals surface area (Å²) >= 11 is 0. The van der Waals surface area contributed by atoms with Crippen LogP contribution in [0, 0.1) is 12.8 Å². The molecule has 1 saturated heterocycles. The number of ether oxygens (including phenoxy) is 1. The number of aryl methyl sites for hydroxylation is 1. The number of anilines is 2. The van der Waals surface area contributed by atoms with Crippen molar-refractivity contribution in [1.82, 2.24) is 25.5 Å². The van der Waals surface area contributed by atoms with Crippen LogP contribution in [0.1, 0.15) is 12.0 Å². The van der Waals surface area contributed by atoms with E-state index in [2.05, 4.69) is 44.9 Å². The Morgan fingerprint density at radius 1 is 1.18 bits per heavy atom. The lowest BCUT2D eigenvalue weighted by Crippen LogP contribution is -2.15. The highest BCUT2D eigenvalue weighted by Gasteiger charge is 2.16. The van der Waals surface area contributed by atoms with Crippen molar-refractivity contribution < 1.29 is 4.74 Å². The minimum absolute atomic E-state index is 0.544. The quantitative estimate of drug-likeness (QED) is 0.495. The molecule has 142 valence electrons. The molecule has 0 radical (unpaired) electrons. The highest BCUT2D eigenvalue weighted by atomic mass is 16.5. The summed E-state index contributed by atoms with van der Waals surface area (Å²) < 4.78 is 6.17. The average Bonchev–Trinajstić information content (AvgIpc) is 3.37. The number of hydrogen-bond acceptors (Lipinski definition) is 6. The van der Waals surface area contributed by atoms with Crippen LogP contribution in [0.2, 0.25) is 0 Å². The maximum Gasteiger partial charge on any atom is 0.227 e. The van der Waals surface area contributed by atoms with Crippen LogP contribution in [-0.2, 0) is 0 Å². The molecule has 28 heavy (non-hydrogen) atoms. The van der Waals surface area contributed by atoms with Gasteiger partial charge in [-0.1, -0.05) is 0 Å². The second-order valence-electron chi connectivity index (χ2n) is 7.36. The monoisotopic (exact) mass is 374 g/mol. The molecule has 3 heterocycles. The molecule has 0 amide bonds. The first kappa shape index (κ1) is 16.9. The van der Waals surface area contributed by atoms with Gasteiger partial charge in [0.2, 0.25) is 5.95 Å². The van der Waals surface area contributed by atoms with Crippen LogP contribution in [0.15, 0.2) is 42.7 Å². The molecule has 1 atom stereocenters. The molecule has 1 fully saturated rings. The largest absolute Gasteiger partial charge is 0.491 e. The van der Waals surface area contributed by atoms with Crippen LogP contribution in [0.4, 0.5) is 11.6 Å². The molecular formula is C21H22N6O. The van der Waals surface area contributed by atoms with Gasteiger partial charge in [0.05, 0.1) is 18.3 Å². The van der Waals surface area contributed by atoms with E-state index in [0.29, 0.717) is 18.5 Å². The van der Waals surface area contributed by atoms with Crippen LogP contribution in [-0.4, -0.2) is 39.9 Å². The summed E-state index contributed by atoms with van der Waals surface area (Å²) in [6.07, 6.45) is 4.80. The summed E-state index contributed by atoms with van der Waals surface area (Å²) in [5.74, 6) is 1.91. The molecule has 0 spiro atoms. The number of fused-ring (bicyclic) bond motifs is 2. The van der Waals surface area contributed by atoms with Gasteiger partial charge in [-0.15, -0.1) is 0 Å². The van der Waals surface area contributed by atoms with Crippen molar-refractivity contribution in [1.29, 1.82) is 0 Å². The van der Waals surface area contributed by atoms with Crippen molar-refractivity contribution >= 4 is 33.4 Å². The molecule has 0 aliphatic carbocycles. The molecule has 3 N–H and O–H groups in total. The molecule has 4 aromatic rings. The molecule has 7 heteroatoms. The van der Waals surface area contributed by atoms with Gasteiger partial charge in [0.25, 0.3) is 0 Å². The molecule has 2 aromatic carbocycles. The topological polar surface area (TPSA) is 87.8 Å². The summed E-state index contributed by atoms with van der Waals surface area (Å²) in [4.78, 5) is 9.21. The Balaban J connectivity index is 1.44. The number of hydrogen-bond donors (Lipinski definition) is 3. The predicted molar refractivity (Wildman–Crippen MR) is 110 cm³/mol. The Morgan fingerprint density at radius 3 is 3.04 bits per heavy atom. The highest BCUT2D eigenvalue weighted by Crippen LogP contribution is 2.28. The zero-order valence-corrected chi connectivity index (χ0v) is 15.7. The molecule has 1 unspecified atom stereocenters. The van der Waals surface area contributed by atoms with E-state index in [1.54, 1.807) is 6.20 Å². The third-order valence-electron chi connectivity index (χ3n) is 5.13. The third-order valence-corrected chi connectivity index (χ3v) is 5.13. The number of aromatic nitrogens is 4. The van der Waals surface area contributed by atoms with Crippen LogP contribution >= 0.6 is 0 Å². The van der Waals surface area contributed by atoms with Crippen LogP contribution in [0.5, 0.6) is 5.75 Å². The van der Waals surface area contributed by atoms with Gasteiger partial charge >= 0.3 is 0 Å². The molecular weight excluding hydrogens is 352 g/mol.